The minimum absolute atomic E-state index is 0.00797. The zero-order valence-electron chi connectivity index (χ0n) is 31.8. The summed E-state index contributed by atoms with van der Waals surface area (Å²) in [6, 6.07) is 7.85. The van der Waals surface area contributed by atoms with Crippen LogP contribution in [0.4, 0.5) is 0 Å². The number of nitrogens with zero attached hydrogens (tertiary/aromatic N) is 2. The maximum atomic E-state index is 13.9. The maximum Gasteiger partial charge on any atom is 0.242 e. The Morgan fingerprint density at radius 1 is 1.06 bits per heavy atom. The third kappa shape index (κ3) is 13.0. The minimum Gasteiger partial charge on any atom is -0.386 e. The lowest BCUT2D eigenvalue weighted by Crippen LogP contribution is -2.56. The first kappa shape index (κ1) is 44.0. The van der Waals surface area contributed by atoms with Gasteiger partial charge < -0.3 is 40.7 Å². The third-order valence-corrected chi connectivity index (χ3v) is 9.27. The first-order valence-corrected chi connectivity index (χ1v) is 17.7. The molecule has 0 saturated carbocycles. The standard InChI is InChI=1S/C34H57N5O7.C3H8/c1-10-21(2)29(38(7)28(41)20-36-33(44)34(5,6)35)26(45-8)19-27(40)39-18-14-17-25(39)31(46-9)22(3)32(43)37-23(4)30(42)24-15-12-11-13-16-24;1-3-2/h11-13,15-16,21-23,25-26,29-31,42H,10,14,17-20,35H2,1-9H3,(H,36,44)(H,37,43);3H2,1-2H3. The van der Waals surface area contributed by atoms with Crippen molar-refractivity contribution >= 4 is 23.6 Å². The van der Waals surface area contributed by atoms with Gasteiger partial charge in [-0.3, -0.25) is 19.2 Å². The Morgan fingerprint density at radius 2 is 1.65 bits per heavy atom. The van der Waals surface area contributed by atoms with Crippen molar-refractivity contribution in [2.45, 2.75) is 129 Å². The van der Waals surface area contributed by atoms with Crippen molar-refractivity contribution in [1.82, 2.24) is 20.4 Å². The molecule has 49 heavy (non-hydrogen) atoms. The van der Waals surface area contributed by atoms with E-state index in [1.807, 2.05) is 44.2 Å². The van der Waals surface area contributed by atoms with Crippen molar-refractivity contribution < 1.29 is 33.8 Å². The van der Waals surface area contributed by atoms with Crippen LogP contribution in [0.15, 0.2) is 30.3 Å². The number of ether oxygens (including phenoxy) is 2. The van der Waals surface area contributed by atoms with Crippen LogP contribution in [0.1, 0.15) is 99.2 Å². The van der Waals surface area contributed by atoms with E-state index in [9.17, 15) is 24.3 Å². The average molecular weight is 692 g/mol. The molecule has 280 valence electrons. The second-order valence-corrected chi connectivity index (χ2v) is 13.9. The number of methoxy groups -OCH3 is 2. The second kappa shape index (κ2) is 21.2. The molecule has 0 radical (unpaired) electrons. The highest BCUT2D eigenvalue weighted by molar-refractivity contribution is 5.89. The van der Waals surface area contributed by atoms with Gasteiger partial charge in [0.05, 0.1) is 60.9 Å². The number of benzene rings is 1. The number of likely N-dealkylation sites (tertiary alicyclic amines) is 1. The van der Waals surface area contributed by atoms with Crippen LogP contribution in [0.5, 0.6) is 0 Å². The Hall–Kier alpha value is -3.06. The number of carbonyl (C=O) groups excluding carboxylic acids is 4. The van der Waals surface area contributed by atoms with Gasteiger partial charge in [-0.05, 0) is 45.1 Å². The van der Waals surface area contributed by atoms with Gasteiger partial charge in [-0.25, -0.2) is 0 Å². The van der Waals surface area contributed by atoms with E-state index in [0.717, 1.165) is 12.8 Å². The highest BCUT2D eigenvalue weighted by Gasteiger charge is 2.42. The Kier molecular flexibility index (Phi) is 19.0. The molecule has 0 aromatic heterocycles. The first-order chi connectivity index (χ1) is 23.0. The van der Waals surface area contributed by atoms with Crippen molar-refractivity contribution in [1.29, 1.82) is 0 Å². The molecule has 1 fully saturated rings. The predicted octanol–water partition coefficient (Wildman–Crippen LogP) is 3.41. The van der Waals surface area contributed by atoms with Gasteiger partial charge in [0.25, 0.3) is 0 Å². The molecule has 2 rings (SSSR count). The van der Waals surface area contributed by atoms with Crippen LogP contribution in [0.25, 0.3) is 0 Å². The van der Waals surface area contributed by atoms with E-state index in [4.69, 9.17) is 15.2 Å². The van der Waals surface area contributed by atoms with Crippen LogP contribution < -0.4 is 16.4 Å². The number of amides is 4. The monoisotopic (exact) mass is 691 g/mol. The predicted molar refractivity (Wildman–Crippen MR) is 192 cm³/mol. The first-order valence-electron chi connectivity index (χ1n) is 17.7. The Morgan fingerprint density at radius 3 is 2.16 bits per heavy atom. The quantitative estimate of drug-likeness (QED) is 0.193. The topological polar surface area (TPSA) is 164 Å². The molecular weight excluding hydrogens is 626 g/mol. The molecule has 1 saturated heterocycles. The molecule has 4 amide bonds. The van der Waals surface area contributed by atoms with Crippen molar-refractivity contribution in [3.8, 4) is 0 Å². The highest BCUT2D eigenvalue weighted by Crippen LogP contribution is 2.29. The third-order valence-electron chi connectivity index (χ3n) is 9.27. The fourth-order valence-electron chi connectivity index (χ4n) is 6.21. The molecule has 1 aliphatic heterocycles. The summed E-state index contributed by atoms with van der Waals surface area (Å²) in [5.74, 6) is -1.79. The van der Waals surface area contributed by atoms with Crippen LogP contribution in [0, 0.1) is 11.8 Å². The Bertz CT molecular complexity index is 1160. The average Bonchev–Trinajstić information content (AvgIpc) is 3.56. The summed E-state index contributed by atoms with van der Waals surface area (Å²) in [5, 5.41) is 16.3. The molecule has 0 bridgehead atoms. The number of rotatable bonds is 17. The highest BCUT2D eigenvalue weighted by atomic mass is 16.5. The van der Waals surface area contributed by atoms with E-state index in [0.29, 0.717) is 18.5 Å². The number of aliphatic hydroxyl groups excluding tert-OH is 1. The zero-order chi connectivity index (χ0) is 37.5. The summed E-state index contributed by atoms with van der Waals surface area (Å²) in [5.41, 5.74) is 5.43. The molecule has 8 unspecified atom stereocenters. The summed E-state index contributed by atoms with van der Waals surface area (Å²) in [7, 11) is 4.73. The van der Waals surface area contributed by atoms with E-state index in [2.05, 4.69) is 24.5 Å². The van der Waals surface area contributed by atoms with Crippen LogP contribution in [-0.4, -0.2) is 109 Å². The lowest BCUT2D eigenvalue weighted by Gasteiger charge is -2.39. The lowest BCUT2D eigenvalue weighted by atomic mass is 9.90. The molecule has 1 aromatic rings. The maximum absolute atomic E-state index is 13.9. The van der Waals surface area contributed by atoms with Gasteiger partial charge in [0.1, 0.15) is 0 Å². The summed E-state index contributed by atoms with van der Waals surface area (Å²) in [6.07, 6.45) is 1.39. The lowest BCUT2D eigenvalue weighted by molar-refractivity contribution is -0.146. The smallest absolute Gasteiger partial charge is 0.242 e. The molecule has 8 atom stereocenters. The summed E-state index contributed by atoms with van der Waals surface area (Å²) in [4.78, 5) is 55.9. The number of likely N-dealkylation sites (N-methyl/N-ethyl adjacent to an activating group) is 1. The Balaban J connectivity index is 0.00000385. The number of hydrogen-bond acceptors (Lipinski definition) is 8. The molecule has 1 aromatic carbocycles. The summed E-state index contributed by atoms with van der Waals surface area (Å²) >= 11 is 0. The fourth-order valence-corrected chi connectivity index (χ4v) is 6.21. The van der Waals surface area contributed by atoms with Gasteiger partial charge in [0.2, 0.25) is 23.6 Å². The minimum atomic E-state index is -1.12. The van der Waals surface area contributed by atoms with Crippen LogP contribution in [0.3, 0.4) is 0 Å². The van der Waals surface area contributed by atoms with Crippen molar-refractivity contribution in [3.63, 3.8) is 0 Å². The molecular formula is C37H65N5O7. The van der Waals surface area contributed by atoms with Crippen molar-refractivity contribution in [3.05, 3.63) is 35.9 Å². The van der Waals surface area contributed by atoms with E-state index in [-0.39, 0.29) is 42.6 Å². The second-order valence-electron chi connectivity index (χ2n) is 13.9. The van der Waals surface area contributed by atoms with Crippen LogP contribution in [-0.2, 0) is 28.7 Å². The SMILES string of the molecule is CCC.CCC(C)C(C(CC(=O)N1CCCC1C(OC)C(C)C(=O)NC(C)C(O)c1ccccc1)OC)N(C)C(=O)CNC(=O)C(C)(C)N. The van der Waals surface area contributed by atoms with Gasteiger partial charge in [-0.15, -0.1) is 0 Å². The summed E-state index contributed by atoms with van der Waals surface area (Å²) in [6.45, 7) is 15.2. The van der Waals surface area contributed by atoms with Crippen molar-refractivity contribution in [2.75, 3.05) is 34.4 Å². The number of hydrogen-bond donors (Lipinski definition) is 4. The molecule has 1 aliphatic rings. The van der Waals surface area contributed by atoms with Gasteiger partial charge in [0, 0.05) is 27.8 Å². The largest absolute Gasteiger partial charge is 0.386 e. The zero-order valence-corrected chi connectivity index (χ0v) is 31.8. The normalized spacial score (nSPS) is 18.9. The van der Waals surface area contributed by atoms with Crippen molar-refractivity contribution in [2.24, 2.45) is 17.6 Å². The number of aliphatic hydroxyl groups is 1. The molecule has 0 spiro atoms. The van der Waals surface area contributed by atoms with Gasteiger partial charge >= 0.3 is 0 Å². The van der Waals surface area contributed by atoms with Gasteiger partial charge in [-0.1, -0.05) is 77.8 Å². The molecule has 12 nitrogen and oxygen atoms in total. The van der Waals surface area contributed by atoms with Crippen LogP contribution >= 0.6 is 0 Å². The molecule has 5 N–H and O–H groups in total. The molecule has 12 heteroatoms. The van der Waals surface area contributed by atoms with E-state index in [1.165, 1.54) is 13.5 Å². The van der Waals surface area contributed by atoms with Crippen LogP contribution in [0.2, 0.25) is 0 Å². The van der Waals surface area contributed by atoms with E-state index in [1.54, 1.807) is 51.7 Å². The fraction of sp³-hybridized carbons (Fsp3) is 0.730. The Labute approximate surface area is 294 Å². The van der Waals surface area contributed by atoms with E-state index < -0.39 is 47.8 Å². The molecule has 1 heterocycles. The van der Waals surface area contributed by atoms with Gasteiger partial charge in [0.15, 0.2) is 0 Å². The number of nitrogens with two attached hydrogens (primary N) is 1. The molecule has 0 aliphatic carbocycles. The number of carbonyl (C=O) groups is 4. The number of nitrogens with one attached hydrogen (secondary N) is 2. The van der Waals surface area contributed by atoms with E-state index >= 15 is 0 Å². The van der Waals surface area contributed by atoms with Gasteiger partial charge in [-0.2, -0.15) is 0 Å². The summed E-state index contributed by atoms with van der Waals surface area (Å²) < 4.78 is 11.7.